The second-order valence-electron chi connectivity index (χ2n) is 9.69. The molecule has 6 rings (SSSR count). The van der Waals surface area contributed by atoms with Crippen LogP contribution < -0.4 is 4.90 Å². The highest BCUT2D eigenvalue weighted by Gasteiger charge is 2.25. The first-order valence-electron chi connectivity index (χ1n) is 13.1. The Kier molecular flexibility index (Phi) is 7.37. The number of halogens is 1. The molecule has 12 nitrogen and oxygen atoms in total. The number of β-amino-alcohol motifs (C(OH)–C–C–N with tert-alkyl or cyclic N) is 1. The van der Waals surface area contributed by atoms with E-state index in [1.807, 2.05) is 18.5 Å². The molecule has 2 aliphatic heterocycles. The molecule has 0 unspecified atom stereocenters. The van der Waals surface area contributed by atoms with Gasteiger partial charge in [-0.1, -0.05) is 11.3 Å². The van der Waals surface area contributed by atoms with Crippen LogP contribution >= 0.6 is 0 Å². The summed E-state index contributed by atoms with van der Waals surface area (Å²) in [4.78, 5) is 22.6. The van der Waals surface area contributed by atoms with E-state index in [1.54, 1.807) is 10.7 Å². The maximum atomic E-state index is 13.8. The molecule has 40 heavy (non-hydrogen) atoms. The molecule has 0 amide bonds. The van der Waals surface area contributed by atoms with Gasteiger partial charge >= 0.3 is 0 Å². The number of hydrogen-bond acceptors (Lipinski definition) is 11. The number of benzene rings is 1. The van der Waals surface area contributed by atoms with Crippen molar-refractivity contribution in [2.75, 3.05) is 50.8 Å². The zero-order chi connectivity index (χ0) is 27.5. The number of hydrogen-bond donors (Lipinski definition) is 1. The van der Waals surface area contributed by atoms with Gasteiger partial charge in [0.25, 0.3) is 0 Å². The van der Waals surface area contributed by atoms with E-state index in [0.717, 1.165) is 25.1 Å². The Labute approximate surface area is 229 Å². The van der Waals surface area contributed by atoms with Crippen molar-refractivity contribution in [2.24, 2.45) is 0 Å². The first kappa shape index (κ1) is 25.9. The van der Waals surface area contributed by atoms with Crippen molar-refractivity contribution in [3.8, 4) is 17.3 Å². The average Bonchev–Trinajstić information content (AvgIpc) is 3.40. The number of rotatable bonds is 7. The highest BCUT2D eigenvalue weighted by molar-refractivity contribution is 5.70. The lowest BCUT2D eigenvalue weighted by Gasteiger charge is -2.32. The molecule has 2 aliphatic rings. The summed E-state index contributed by atoms with van der Waals surface area (Å²) in [6, 6.07) is 6.10. The normalized spacial score (nSPS) is 18.1. The second-order valence-corrected chi connectivity index (χ2v) is 9.69. The fourth-order valence-electron chi connectivity index (χ4n) is 4.96. The molecular formula is C27H27FN10O2. The third kappa shape index (κ3) is 5.37. The van der Waals surface area contributed by atoms with Crippen molar-refractivity contribution < 1.29 is 14.2 Å². The van der Waals surface area contributed by atoms with Crippen LogP contribution in [0.4, 0.5) is 10.3 Å². The number of aliphatic hydroxyl groups is 1. The van der Waals surface area contributed by atoms with Gasteiger partial charge in [-0.05, 0) is 30.2 Å². The van der Waals surface area contributed by atoms with E-state index in [2.05, 4.69) is 46.1 Å². The third-order valence-corrected chi connectivity index (χ3v) is 7.13. The number of aliphatic hydroxyl groups excluding tert-OH is 1. The van der Waals surface area contributed by atoms with Gasteiger partial charge < -0.3 is 14.7 Å². The monoisotopic (exact) mass is 542 g/mol. The highest BCUT2D eigenvalue weighted by atomic mass is 19.1. The SMILES string of the molecule is N#Cc1cc(-c2cnc3nnn(C[C@H]4CN(c5ncc(C6=CCN(CCO)CC6)cn5)CCO4)c3n2)ccc1F. The van der Waals surface area contributed by atoms with E-state index < -0.39 is 5.82 Å². The molecule has 1 aromatic carbocycles. The minimum atomic E-state index is -0.582. The lowest BCUT2D eigenvalue weighted by atomic mass is 10.0. The van der Waals surface area contributed by atoms with Crippen molar-refractivity contribution in [3.63, 3.8) is 0 Å². The Balaban J connectivity index is 1.15. The largest absolute Gasteiger partial charge is 0.395 e. The number of morpholine rings is 1. The van der Waals surface area contributed by atoms with Gasteiger partial charge in [0.2, 0.25) is 11.6 Å². The molecular weight excluding hydrogens is 515 g/mol. The molecule has 0 spiro atoms. The molecule has 4 aromatic rings. The number of anilines is 1. The topological polar surface area (TPSA) is 142 Å². The lowest BCUT2D eigenvalue weighted by Crippen LogP contribution is -2.45. The summed E-state index contributed by atoms with van der Waals surface area (Å²) < 4.78 is 21.5. The predicted molar refractivity (Wildman–Crippen MR) is 143 cm³/mol. The van der Waals surface area contributed by atoms with Crippen LogP contribution in [-0.2, 0) is 11.3 Å². The molecule has 0 aliphatic carbocycles. The molecule has 1 fully saturated rings. The molecule has 0 saturated carbocycles. The van der Waals surface area contributed by atoms with E-state index in [9.17, 15) is 4.39 Å². The molecule has 0 bridgehead atoms. The predicted octanol–water partition coefficient (Wildman–Crippen LogP) is 1.68. The molecule has 1 N–H and O–H groups in total. The van der Waals surface area contributed by atoms with Crippen molar-refractivity contribution in [1.29, 1.82) is 5.26 Å². The minimum Gasteiger partial charge on any atom is -0.395 e. The number of aromatic nitrogens is 7. The molecule has 13 heteroatoms. The van der Waals surface area contributed by atoms with Gasteiger partial charge in [0.05, 0.1) is 43.3 Å². The van der Waals surface area contributed by atoms with Gasteiger partial charge in [-0.25, -0.2) is 29.0 Å². The van der Waals surface area contributed by atoms with Gasteiger partial charge in [0.15, 0.2) is 5.65 Å². The average molecular weight is 543 g/mol. The van der Waals surface area contributed by atoms with Crippen LogP contribution in [0.15, 0.2) is 42.9 Å². The number of fused-ring (bicyclic) bond motifs is 1. The Hall–Kier alpha value is -4.38. The standard InChI is InChI=1S/C27H27FN10O2/c28-23-2-1-19(11-20(23)12-29)24-15-30-25-26(33-24)38(35-34-25)17-22-16-37(8-10-40-22)27-31-13-21(14-32-27)18-3-5-36(6-4-18)7-9-39/h1-3,11,13-15,22,39H,4-10,16-17H2/t22-/m1/s1. The Morgan fingerprint density at radius 2 is 2.00 bits per heavy atom. The second kappa shape index (κ2) is 11.4. The van der Waals surface area contributed by atoms with Crippen LogP contribution in [-0.4, -0.2) is 97.0 Å². The van der Waals surface area contributed by atoms with Crippen molar-refractivity contribution in [3.05, 3.63) is 59.8 Å². The van der Waals surface area contributed by atoms with Crippen LogP contribution in [0.5, 0.6) is 0 Å². The molecule has 1 atom stereocenters. The fraction of sp³-hybridized carbons (Fsp3) is 0.370. The first-order valence-corrected chi connectivity index (χ1v) is 13.1. The summed E-state index contributed by atoms with van der Waals surface area (Å²) >= 11 is 0. The van der Waals surface area contributed by atoms with E-state index in [4.69, 9.17) is 15.1 Å². The smallest absolute Gasteiger partial charge is 0.225 e. The summed E-state index contributed by atoms with van der Waals surface area (Å²) in [6.07, 6.45) is 8.15. The number of nitrogens with zero attached hydrogens (tertiary/aromatic N) is 10. The number of nitriles is 1. The van der Waals surface area contributed by atoms with Gasteiger partial charge in [0.1, 0.15) is 11.9 Å². The molecule has 3 aromatic heterocycles. The summed E-state index contributed by atoms with van der Waals surface area (Å²) in [6.45, 7) is 4.73. The highest BCUT2D eigenvalue weighted by Crippen LogP contribution is 2.24. The van der Waals surface area contributed by atoms with E-state index >= 15 is 0 Å². The molecule has 1 saturated heterocycles. The van der Waals surface area contributed by atoms with E-state index in [-0.39, 0.29) is 18.3 Å². The lowest BCUT2D eigenvalue weighted by molar-refractivity contribution is 0.0273. The van der Waals surface area contributed by atoms with Crippen LogP contribution in [0.1, 0.15) is 17.5 Å². The van der Waals surface area contributed by atoms with Crippen LogP contribution in [0.2, 0.25) is 0 Å². The van der Waals surface area contributed by atoms with Crippen LogP contribution in [0.25, 0.3) is 28.1 Å². The quantitative estimate of drug-likeness (QED) is 0.364. The molecule has 5 heterocycles. The summed E-state index contributed by atoms with van der Waals surface area (Å²) in [7, 11) is 0. The first-order chi connectivity index (χ1) is 19.6. The maximum Gasteiger partial charge on any atom is 0.225 e. The van der Waals surface area contributed by atoms with Gasteiger partial charge in [-0.15, -0.1) is 5.10 Å². The summed E-state index contributed by atoms with van der Waals surface area (Å²) in [5.74, 6) is 0.0618. The Morgan fingerprint density at radius 3 is 2.77 bits per heavy atom. The maximum absolute atomic E-state index is 13.8. The minimum absolute atomic E-state index is 0.0582. The van der Waals surface area contributed by atoms with Crippen molar-refractivity contribution in [2.45, 2.75) is 19.1 Å². The van der Waals surface area contributed by atoms with Crippen molar-refractivity contribution in [1.82, 2.24) is 39.8 Å². The Morgan fingerprint density at radius 1 is 1.12 bits per heavy atom. The van der Waals surface area contributed by atoms with Gasteiger partial charge in [0, 0.05) is 56.2 Å². The van der Waals surface area contributed by atoms with Crippen molar-refractivity contribution >= 4 is 22.8 Å². The fourth-order valence-corrected chi connectivity index (χ4v) is 4.96. The van der Waals surface area contributed by atoms with Gasteiger partial charge in [-0.2, -0.15) is 5.26 Å². The molecule has 0 radical (unpaired) electrons. The summed E-state index contributed by atoms with van der Waals surface area (Å²) in [5, 5.41) is 26.7. The van der Waals surface area contributed by atoms with Crippen LogP contribution in [0.3, 0.4) is 0 Å². The summed E-state index contributed by atoms with van der Waals surface area (Å²) in [5.41, 5.74) is 4.10. The zero-order valence-electron chi connectivity index (χ0n) is 21.7. The third-order valence-electron chi connectivity index (χ3n) is 7.13. The van der Waals surface area contributed by atoms with E-state index in [1.165, 1.54) is 23.9 Å². The van der Waals surface area contributed by atoms with E-state index in [0.29, 0.717) is 61.3 Å². The van der Waals surface area contributed by atoms with Crippen LogP contribution in [0, 0.1) is 17.1 Å². The molecule has 204 valence electrons. The van der Waals surface area contributed by atoms with Gasteiger partial charge in [-0.3, -0.25) is 4.90 Å². The zero-order valence-corrected chi connectivity index (χ0v) is 21.7. The Bertz CT molecular complexity index is 1580. The number of ether oxygens (including phenoxy) is 1.